The van der Waals surface area contributed by atoms with Gasteiger partial charge in [0.25, 0.3) is 11.8 Å². The highest BCUT2D eigenvalue weighted by atomic mass is 32.2. The molecule has 0 saturated carbocycles. The van der Waals surface area contributed by atoms with Gasteiger partial charge in [-0.15, -0.1) is 11.8 Å². The zero-order valence-corrected chi connectivity index (χ0v) is 14.7. The van der Waals surface area contributed by atoms with Gasteiger partial charge < -0.3 is 25.5 Å². The van der Waals surface area contributed by atoms with Crippen molar-refractivity contribution in [1.29, 1.82) is 0 Å². The van der Waals surface area contributed by atoms with Gasteiger partial charge in [0.1, 0.15) is 24.2 Å². The number of carbonyl (C=O) groups excluding carboxylic acids is 2. The average molecular weight is 394 g/mol. The number of hydrogen-bond donors (Lipinski definition) is 3. The first-order chi connectivity index (χ1) is 12.9. The van der Waals surface area contributed by atoms with Crippen LogP contribution in [0.15, 0.2) is 33.6 Å². The third kappa shape index (κ3) is 3.12. The van der Waals surface area contributed by atoms with E-state index in [4.69, 9.17) is 5.73 Å². The summed E-state index contributed by atoms with van der Waals surface area (Å²) in [6.45, 7) is 3.57. The van der Waals surface area contributed by atoms with E-state index in [-0.39, 0.29) is 23.2 Å². The maximum absolute atomic E-state index is 12.5. The van der Waals surface area contributed by atoms with Crippen molar-refractivity contribution in [2.45, 2.75) is 11.4 Å². The Morgan fingerprint density at radius 2 is 2.33 bits per heavy atom. The summed E-state index contributed by atoms with van der Waals surface area (Å²) in [6, 6.07) is -1.22. The molecule has 12 nitrogen and oxygen atoms in total. The van der Waals surface area contributed by atoms with Crippen molar-refractivity contribution in [2.75, 3.05) is 18.6 Å². The van der Waals surface area contributed by atoms with Crippen LogP contribution in [0.3, 0.4) is 0 Å². The molecule has 4 N–H and O–H groups in total. The number of rotatable bonds is 6. The first-order valence-electron chi connectivity index (χ1n) is 7.44. The van der Waals surface area contributed by atoms with Crippen LogP contribution in [0.1, 0.15) is 5.82 Å². The lowest BCUT2D eigenvalue weighted by atomic mass is 10.0. The number of hydrogen-bond acceptors (Lipinski definition) is 10. The van der Waals surface area contributed by atoms with Crippen molar-refractivity contribution in [3.63, 3.8) is 0 Å². The number of allylic oxidation sites excluding steroid dienone is 1. The number of nitrogens with two attached hydrogens (primary N) is 1. The highest BCUT2D eigenvalue weighted by Gasteiger charge is 2.54. The fraction of sp³-hybridized carbons (Fsp3) is 0.286. The molecule has 1 aromatic rings. The summed E-state index contributed by atoms with van der Waals surface area (Å²) < 4.78 is 4.60. The van der Waals surface area contributed by atoms with Gasteiger partial charge in [0, 0.05) is 5.75 Å². The fourth-order valence-electron chi connectivity index (χ4n) is 2.62. The van der Waals surface area contributed by atoms with E-state index in [1.54, 1.807) is 0 Å². The highest BCUT2D eigenvalue weighted by molar-refractivity contribution is 8.00. The van der Waals surface area contributed by atoms with E-state index in [1.807, 2.05) is 0 Å². The van der Waals surface area contributed by atoms with Crippen molar-refractivity contribution in [1.82, 2.24) is 20.4 Å². The standard InChI is InChI=1S/C14H14N6O6S/c1-3-5-4-27-12-7(11(22)20(12)8(5)13(23)24)16-10(21)6(18-25-2)9-17-14(15)26-19-9/h3,7,12H,1,4H2,2H3,(H,16,21)(H,23,24)(H2,15,17,19)/b18-6-/t7?,12-/m0/s1. The van der Waals surface area contributed by atoms with Crippen molar-refractivity contribution < 1.29 is 28.9 Å². The fourth-order valence-corrected chi connectivity index (χ4v) is 3.96. The summed E-state index contributed by atoms with van der Waals surface area (Å²) in [5.41, 5.74) is 5.29. The summed E-state index contributed by atoms with van der Waals surface area (Å²) in [6.07, 6.45) is 1.40. The molecule has 2 atom stereocenters. The largest absolute Gasteiger partial charge is 0.477 e. The number of nitrogens with one attached hydrogen (secondary N) is 1. The van der Waals surface area contributed by atoms with Crippen LogP contribution in [-0.4, -0.2) is 67.9 Å². The van der Waals surface area contributed by atoms with Gasteiger partial charge >= 0.3 is 12.0 Å². The predicted octanol–water partition coefficient (Wildman–Crippen LogP) is -1.07. The summed E-state index contributed by atoms with van der Waals surface area (Å²) in [5, 5.41) is 18.3. The Balaban J connectivity index is 1.80. The molecule has 1 unspecified atom stereocenters. The van der Waals surface area contributed by atoms with Gasteiger partial charge in [-0.1, -0.05) is 23.0 Å². The number of nitrogen functional groups attached to an aromatic ring is 1. The topological polar surface area (TPSA) is 173 Å². The van der Waals surface area contributed by atoms with Gasteiger partial charge in [-0.25, -0.2) is 4.79 Å². The Morgan fingerprint density at radius 3 is 2.89 bits per heavy atom. The van der Waals surface area contributed by atoms with Gasteiger partial charge in [0.2, 0.25) is 11.5 Å². The normalized spacial score (nSPS) is 22.0. The monoisotopic (exact) mass is 394 g/mol. The van der Waals surface area contributed by atoms with Crippen LogP contribution in [-0.2, 0) is 19.2 Å². The molecule has 13 heteroatoms. The first-order valence-corrected chi connectivity index (χ1v) is 8.49. The Hall–Kier alpha value is -3.35. The number of oxime groups is 1. The number of aliphatic carboxylic acids is 1. The van der Waals surface area contributed by atoms with Crippen LogP contribution in [0.2, 0.25) is 0 Å². The van der Waals surface area contributed by atoms with Gasteiger partial charge in [0.15, 0.2) is 0 Å². The smallest absolute Gasteiger partial charge is 0.352 e. The molecule has 0 aliphatic carbocycles. The molecule has 0 bridgehead atoms. The van der Waals surface area contributed by atoms with Crippen LogP contribution in [0.25, 0.3) is 0 Å². The molecule has 0 radical (unpaired) electrons. The second-order valence-electron chi connectivity index (χ2n) is 5.32. The van der Waals surface area contributed by atoms with E-state index in [0.717, 1.165) is 4.90 Å². The number of aromatic nitrogens is 2. The lowest BCUT2D eigenvalue weighted by molar-refractivity contribution is -0.150. The molecule has 3 rings (SSSR count). The zero-order valence-electron chi connectivity index (χ0n) is 13.9. The molecule has 0 spiro atoms. The number of amides is 2. The molecule has 0 aromatic carbocycles. The molecule has 3 heterocycles. The minimum atomic E-state index is -1.24. The molecule has 1 saturated heterocycles. The number of β-lactam (4-membered cyclic amide) rings is 1. The summed E-state index contributed by atoms with van der Waals surface area (Å²) in [4.78, 5) is 45.9. The summed E-state index contributed by atoms with van der Waals surface area (Å²) >= 11 is 1.30. The van der Waals surface area contributed by atoms with Gasteiger partial charge in [-0.05, 0) is 5.57 Å². The SMILES string of the molecule is C=CC1=C(C(=O)O)N2C(=O)C(NC(=O)/C(=N\OC)c3noc(N)n3)[C@@H]2SC1. The predicted molar refractivity (Wildman–Crippen MR) is 92.1 cm³/mol. The third-order valence-electron chi connectivity index (χ3n) is 3.78. The number of carboxylic acids is 1. The second kappa shape index (κ2) is 7.11. The lowest BCUT2D eigenvalue weighted by Gasteiger charge is -2.49. The number of nitrogens with zero attached hydrogens (tertiary/aromatic N) is 4. The Morgan fingerprint density at radius 1 is 1.59 bits per heavy atom. The minimum Gasteiger partial charge on any atom is -0.477 e. The van der Waals surface area contributed by atoms with Crippen LogP contribution in [0.4, 0.5) is 6.01 Å². The lowest BCUT2D eigenvalue weighted by Crippen LogP contribution is -2.71. The maximum atomic E-state index is 12.5. The van der Waals surface area contributed by atoms with E-state index >= 15 is 0 Å². The molecule has 1 fully saturated rings. The Bertz CT molecular complexity index is 892. The number of carboxylic acid groups (broad SMARTS) is 1. The van der Waals surface area contributed by atoms with E-state index in [2.05, 4.69) is 36.6 Å². The molecular formula is C14H14N6O6S. The molecule has 2 aliphatic rings. The molecular weight excluding hydrogens is 380 g/mol. The van der Waals surface area contributed by atoms with Crippen LogP contribution >= 0.6 is 11.8 Å². The number of thioether (sulfide) groups is 1. The summed E-state index contributed by atoms with van der Waals surface area (Å²) in [7, 11) is 1.21. The zero-order chi connectivity index (χ0) is 19.7. The van der Waals surface area contributed by atoms with Gasteiger partial charge in [0.05, 0.1) is 0 Å². The van der Waals surface area contributed by atoms with Gasteiger partial charge in [-0.3, -0.25) is 14.5 Å². The highest BCUT2D eigenvalue weighted by Crippen LogP contribution is 2.40. The van der Waals surface area contributed by atoms with Gasteiger partial charge in [-0.2, -0.15) is 4.98 Å². The number of anilines is 1. The first kappa shape index (κ1) is 18.4. The number of fused-ring (bicyclic) bond motifs is 1. The van der Waals surface area contributed by atoms with Crippen LogP contribution < -0.4 is 11.1 Å². The van der Waals surface area contributed by atoms with E-state index in [9.17, 15) is 19.5 Å². The molecule has 142 valence electrons. The second-order valence-corrected chi connectivity index (χ2v) is 6.43. The molecule has 27 heavy (non-hydrogen) atoms. The quantitative estimate of drug-likeness (QED) is 0.306. The summed E-state index contributed by atoms with van der Waals surface area (Å²) in [5.74, 6) is -2.48. The van der Waals surface area contributed by atoms with E-state index in [0.29, 0.717) is 11.3 Å². The minimum absolute atomic E-state index is 0.138. The maximum Gasteiger partial charge on any atom is 0.352 e. The number of carbonyl (C=O) groups is 3. The van der Waals surface area contributed by atoms with Crippen LogP contribution in [0, 0.1) is 0 Å². The molecule has 2 amide bonds. The molecule has 1 aromatic heterocycles. The van der Waals surface area contributed by atoms with E-state index in [1.165, 1.54) is 24.9 Å². The van der Waals surface area contributed by atoms with Crippen molar-refractivity contribution >= 4 is 41.3 Å². The Labute approximate surface area is 156 Å². The molecule has 2 aliphatic heterocycles. The van der Waals surface area contributed by atoms with Crippen molar-refractivity contribution in [2.24, 2.45) is 5.16 Å². The third-order valence-corrected chi connectivity index (χ3v) is 5.09. The van der Waals surface area contributed by atoms with Crippen LogP contribution in [0.5, 0.6) is 0 Å². The Kier molecular flexibility index (Phi) is 4.85. The average Bonchev–Trinajstić information content (AvgIpc) is 3.08. The van der Waals surface area contributed by atoms with Crippen molar-refractivity contribution in [3.05, 3.63) is 29.7 Å². The van der Waals surface area contributed by atoms with E-state index < -0.39 is 29.2 Å². The van der Waals surface area contributed by atoms with Crippen molar-refractivity contribution in [3.8, 4) is 0 Å².